The Kier molecular flexibility index (Phi) is 3.79. The lowest BCUT2D eigenvalue weighted by Crippen LogP contribution is -2.21. The second-order valence-corrected chi connectivity index (χ2v) is 3.78. The summed E-state index contributed by atoms with van der Waals surface area (Å²) in [5, 5.41) is 26.8. The molecule has 15 heavy (non-hydrogen) atoms. The van der Waals surface area contributed by atoms with Gasteiger partial charge in [-0.1, -0.05) is 23.2 Å². The average Bonchev–Trinajstić information content (AvgIpc) is 2.13. The van der Waals surface area contributed by atoms with Crippen molar-refractivity contribution in [2.45, 2.75) is 12.5 Å². The molecular weight excluding hydrogens is 243 g/mol. The third-order valence-electron chi connectivity index (χ3n) is 1.79. The fourth-order valence-corrected chi connectivity index (χ4v) is 1.58. The summed E-state index contributed by atoms with van der Waals surface area (Å²) in [4.78, 5) is 10.4. The van der Waals surface area contributed by atoms with E-state index >= 15 is 0 Å². The van der Waals surface area contributed by atoms with E-state index in [2.05, 4.69) is 0 Å². The van der Waals surface area contributed by atoms with Crippen LogP contribution >= 0.6 is 23.2 Å². The topological polar surface area (TPSA) is 77.8 Å². The van der Waals surface area contributed by atoms with Gasteiger partial charge in [-0.15, -0.1) is 0 Å². The van der Waals surface area contributed by atoms with Crippen LogP contribution in [-0.4, -0.2) is 27.4 Å². The summed E-state index contributed by atoms with van der Waals surface area (Å²) in [6.45, 7) is 0. The summed E-state index contributed by atoms with van der Waals surface area (Å²) >= 11 is 11.2. The summed E-state index contributed by atoms with van der Waals surface area (Å²) in [7, 11) is 0. The van der Waals surface area contributed by atoms with Gasteiger partial charge in [-0.05, 0) is 17.7 Å². The van der Waals surface area contributed by atoms with E-state index in [4.69, 9.17) is 33.4 Å². The predicted molar refractivity (Wildman–Crippen MR) is 55.5 cm³/mol. The van der Waals surface area contributed by atoms with Gasteiger partial charge in [0, 0.05) is 6.42 Å². The molecule has 0 aliphatic carbocycles. The monoisotopic (exact) mass is 250 g/mol. The van der Waals surface area contributed by atoms with Crippen LogP contribution in [0.4, 0.5) is 0 Å². The highest BCUT2D eigenvalue weighted by Gasteiger charge is 2.15. The molecule has 0 radical (unpaired) electrons. The molecule has 0 spiro atoms. The van der Waals surface area contributed by atoms with Gasteiger partial charge in [0.05, 0.1) is 10.0 Å². The zero-order valence-electron chi connectivity index (χ0n) is 7.44. The zero-order valence-corrected chi connectivity index (χ0v) is 8.96. The molecule has 1 rings (SSSR count). The van der Waals surface area contributed by atoms with E-state index in [-0.39, 0.29) is 22.2 Å². The molecule has 0 heterocycles. The van der Waals surface area contributed by atoms with E-state index in [0.29, 0.717) is 5.56 Å². The van der Waals surface area contributed by atoms with E-state index in [1.54, 1.807) is 0 Å². The number of carboxylic acid groups (broad SMARTS) is 1. The van der Waals surface area contributed by atoms with Crippen LogP contribution in [0.3, 0.4) is 0 Å². The summed E-state index contributed by atoms with van der Waals surface area (Å²) in [5.74, 6) is -1.58. The van der Waals surface area contributed by atoms with Gasteiger partial charge >= 0.3 is 5.97 Å². The van der Waals surface area contributed by atoms with Crippen LogP contribution in [0.15, 0.2) is 12.1 Å². The maximum absolute atomic E-state index is 10.4. The number of aromatic hydroxyl groups is 1. The molecule has 0 bridgehead atoms. The normalized spacial score (nSPS) is 12.5. The number of aliphatic hydroxyl groups is 1. The lowest BCUT2D eigenvalue weighted by molar-refractivity contribution is -0.146. The Hall–Kier alpha value is -0.970. The third-order valence-corrected chi connectivity index (χ3v) is 2.37. The maximum Gasteiger partial charge on any atom is 0.332 e. The van der Waals surface area contributed by atoms with Gasteiger partial charge in [0.1, 0.15) is 0 Å². The first-order valence-corrected chi connectivity index (χ1v) is 4.75. The van der Waals surface area contributed by atoms with Crippen molar-refractivity contribution < 1.29 is 20.1 Å². The van der Waals surface area contributed by atoms with Crippen molar-refractivity contribution in [3.8, 4) is 5.75 Å². The largest absolute Gasteiger partial charge is 0.505 e. The molecule has 0 aliphatic rings. The first-order chi connectivity index (χ1) is 6.91. The molecule has 4 nitrogen and oxygen atoms in total. The van der Waals surface area contributed by atoms with Crippen LogP contribution in [0, 0.1) is 0 Å². The molecule has 0 saturated heterocycles. The van der Waals surface area contributed by atoms with Gasteiger partial charge in [0.2, 0.25) is 0 Å². The number of phenolic OH excluding ortho intramolecular Hbond substituents is 1. The smallest absolute Gasteiger partial charge is 0.332 e. The average molecular weight is 251 g/mol. The highest BCUT2D eigenvalue weighted by Crippen LogP contribution is 2.32. The number of aliphatic carboxylic acids is 1. The van der Waals surface area contributed by atoms with E-state index in [9.17, 15) is 9.90 Å². The lowest BCUT2D eigenvalue weighted by atomic mass is 10.1. The Morgan fingerprint density at radius 1 is 1.33 bits per heavy atom. The summed E-state index contributed by atoms with van der Waals surface area (Å²) in [5.41, 5.74) is 0.442. The number of hydrogen-bond donors (Lipinski definition) is 3. The zero-order chi connectivity index (χ0) is 11.6. The minimum Gasteiger partial charge on any atom is -0.505 e. The van der Waals surface area contributed by atoms with Gasteiger partial charge < -0.3 is 15.3 Å². The molecular formula is C9H8Cl2O4. The number of aliphatic hydroxyl groups excluding tert-OH is 1. The molecule has 0 saturated carbocycles. The number of carboxylic acids is 1. The predicted octanol–water partition coefficient (Wildman–Crippen LogP) is 1.69. The van der Waals surface area contributed by atoms with Crippen molar-refractivity contribution in [1.82, 2.24) is 0 Å². The highest BCUT2D eigenvalue weighted by molar-refractivity contribution is 6.37. The second kappa shape index (κ2) is 4.70. The molecule has 6 heteroatoms. The highest BCUT2D eigenvalue weighted by atomic mass is 35.5. The van der Waals surface area contributed by atoms with Crippen LogP contribution in [0.2, 0.25) is 10.0 Å². The number of hydrogen-bond acceptors (Lipinski definition) is 3. The van der Waals surface area contributed by atoms with Crippen LogP contribution in [-0.2, 0) is 11.2 Å². The van der Waals surface area contributed by atoms with Gasteiger partial charge in [-0.25, -0.2) is 4.79 Å². The fourth-order valence-electron chi connectivity index (χ4n) is 1.05. The molecule has 1 aromatic rings. The van der Waals surface area contributed by atoms with Crippen molar-refractivity contribution >= 4 is 29.2 Å². The van der Waals surface area contributed by atoms with Gasteiger partial charge in [0.25, 0.3) is 0 Å². The maximum atomic E-state index is 10.4. The SMILES string of the molecule is O=C(O)[C@@H](O)Cc1cc(Cl)c(O)c(Cl)c1. The molecule has 3 N–H and O–H groups in total. The van der Waals surface area contributed by atoms with Crippen molar-refractivity contribution in [1.29, 1.82) is 0 Å². The van der Waals surface area contributed by atoms with Crippen molar-refractivity contribution in [3.63, 3.8) is 0 Å². The molecule has 82 valence electrons. The number of rotatable bonds is 3. The van der Waals surface area contributed by atoms with Crippen LogP contribution < -0.4 is 0 Å². The van der Waals surface area contributed by atoms with Crippen molar-refractivity contribution in [3.05, 3.63) is 27.7 Å². The molecule has 1 atom stereocenters. The summed E-state index contributed by atoms with van der Waals surface area (Å²) < 4.78 is 0. The Balaban J connectivity index is 2.92. The molecule has 0 fully saturated rings. The minimum absolute atomic E-state index is 0.0232. The van der Waals surface area contributed by atoms with Crippen molar-refractivity contribution in [2.75, 3.05) is 0 Å². The van der Waals surface area contributed by atoms with E-state index in [0.717, 1.165) is 0 Å². The Bertz CT molecular complexity index is 369. The van der Waals surface area contributed by atoms with Crippen LogP contribution in [0.25, 0.3) is 0 Å². The summed E-state index contributed by atoms with van der Waals surface area (Å²) in [6, 6.07) is 2.71. The first-order valence-electron chi connectivity index (χ1n) is 3.99. The van der Waals surface area contributed by atoms with Gasteiger partial charge in [-0.3, -0.25) is 0 Å². The van der Waals surface area contributed by atoms with Crippen LogP contribution in [0.1, 0.15) is 5.56 Å². The van der Waals surface area contributed by atoms with E-state index in [1.165, 1.54) is 12.1 Å². The minimum atomic E-state index is -1.51. The second-order valence-electron chi connectivity index (χ2n) is 2.97. The van der Waals surface area contributed by atoms with Gasteiger partial charge in [0.15, 0.2) is 11.9 Å². The Morgan fingerprint density at radius 2 is 1.80 bits per heavy atom. The lowest BCUT2D eigenvalue weighted by Gasteiger charge is -2.07. The third kappa shape index (κ3) is 2.99. The number of carbonyl (C=O) groups is 1. The fraction of sp³-hybridized carbons (Fsp3) is 0.222. The molecule has 0 amide bonds. The number of halogens is 2. The van der Waals surface area contributed by atoms with Crippen LogP contribution in [0.5, 0.6) is 5.75 Å². The summed E-state index contributed by atoms with van der Waals surface area (Å²) in [6.07, 6.45) is -1.63. The first kappa shape index (κ1) is 12.1. The molecule has 0 aromatic heterocycles. The molecule has 0 unspecified atom stereocenters. The molecule has 1 aromatic carbocycles. The Morgan fingerprint density at radius 3 is 2.20 bits per heavy atom. The van der Waals surface area contributed by atoms with E-state index < -0.39 is 12.1 Å². The Labute approximate surface area is 95.7 Å². The standard InChI is InChI=1S/C9H8Cl2O4/c10-5-1-4(2-6(11)8(5)13)3-7(12)9(14)15/h1-2,7,12-13H,3H2,(H,14,15)/t7-/m0/s1. The molecule has 0 aliphatic heterocycles. The number of phenols is 1. The van der Waals surface area contributed by atoms with Crippen molar-refractivity contribution in [2.24, 2.45) is 0 Å². The quantitative estimate of drug-likeness (QED) is 0.763. The van der Waals surface area contributed by atoms with Gasteiger partial charge in [-0.2, -0.15) is 0 Å². The number of benzene rings is 1. The van der Waals surface area contributed by atoms with E-state index in [1.807, 2.05) is 0 Å².